The Kier molecular flexibility index (Phi) is 9.06. The highest BCUT2D eigenvalue weighted by atomic mass is 35.6. The van der Waals surface area contributed by atoms with E-state index in [9.17, 15) is 4.79 Å². The van der Waals surface area contributed by atoms with Crippen LogP contribution in [0.4, 0.5) is 5.69 Å². The summed E-state index contributed by atoms with van der Waals surface area (Å²) in [5.74, 6) is 0.712. The maximum Gasteiger partial charge on any atom is 0.228 e. The summed E-state index contributed by atoms with van der Waals surface area (Å²) in [6.45, 7) is 3.92. The van der Waals surface area contributed by atoms with Crippen molar-refractivity contribution in [2.45, 2.75) is 30.2 Å². The first-order valence-electron chi connectivity index (χ1n) is 9.25. The van der Waals surface area contributed by atoms with Gasteiger partial charge in [-0.3, -0.25) is 4.79 Å². The van der Waals surface area contributed by atoms with Crippen molar-refractivity contribution in [1.82, 2.24) is 10.6 Å². The summed E-state index contributed by atoms with van der Waals surface area (Å²) in [5, 5.41) is 8.80. The van der Waals surface area contributed by atoms with Crippen LogP contribution in [0.2, 0.25) is 0 Å². The van der Waals surface area contributed by atoms with Gasteiger partial charge in [-0.05, 0) is 61.0 Å². The van der Waals surface area contributed by atoms with Crippen molar-refractivity contribution in [2.24, 2.45) is 0 Å². The molecule has 0 aliphatic heterocycles. The molecule has 0 saturated carbocycles. The summed E-state index contributed by atoms with van der Waals surface area (Å²) in [6, 6.07) is 11.1. The lowest BCUT2D eigenvalue weighted by atomic mass is 10.1. The Hall–Kier alpha value is -1.93. The van der Waals surface area contributed by atoms with Crippen LogP contribution in [0, 0.1) is 13.8 Å². The van der Waals surface area contributed by atoms with Gasteiger partial charge in [0.2, 0.25) is 9.70 Å². The standard InChI is InChI=1S/C21H24Cl3N3O3S/c1-12-5-6-13(2)15(9-12)25-20(31)27-19(21(22,23)24)26-18(28)11-14-7-8-16(29-3)17(10-14)30-4/h5-10,19H,11H2,1-4H3,(H,26,28)(H2,25,27,31). The van der Waals surface area contributed by atoms with Crippen molar-refractivity contribution < 1.29 is 14.3 Å². The Morgan fingerprint density at radius 2 is 1.71 bits per heavy atom. The minimum absolute atomic E-state index is 0.0382. The third-order valence-electron chi connectivity index (χ3n) is 4.36. The molecule has 0 spiro atoms. The molecule has 31 heavy (non-hydrogen) atoms. The number of thiocarbonyl (C=S) groups is 1. The Bertz CT molecular complexity index is 951. The van der Waals surface area contributed by atoms with Gasteiger partial charge in [-0.25, -0.2) is 0 Å². The number of halogens is 3. The molecule has 0 fully saturated rings. The Morgan fingerprint density at radius 1 is 1.03 bits per heavy atom. The quantitative estimate of drug-likeness (QED) is 0.289. The van der Waals surface area contributed by atoms with Gasteiger partial charge >= 0.3 is 0 Å². The van der Waals surface area contributed by atoms with Crippen LogP contribution in [0.5, 0.6) is 11.5 Å². The number of carbonyl (C=O) groups excluding carboxylic acids is 1. The maximum atomic E-state index is 12.6. The highest BCUT2D eigenvalue weighted by Crippen LogP contribution is 2.30. The van der Waals surface area contributed by atoms with Crippen LogP contribution in [-0.2, 0) is 11.2 Å². The van der Waals surface area contributed by atoms with E-state index in [0.717, 1.165) is 16.8 Å². The van der Waals surface area contributed by atoms with E-state index in [2.05, 4.69) is 16.0 Å². The van der Waals surface area contributed by atoms with E-state index >= 15 is 0 Å². The van der Waals surface area contributed by atoms with Gasteiger partial charge in [0.1, 0.15) is 6.17 Å². The average Bonchev–Trinajstić information content (AvgIpc) is 2.69. The van der Waals surface area contributed by atoms with Gasteiger partial charge in [0, 0.05) is 5.69 Å². The molecule has 0 heterocycles. The molecule has 0 aliphatic rings. The van der Waals surface area contributed by atoms with Gasteiger partial charge < -0.3 is 25.4 Å². The SMILES string of the molecule is COc1ccc(CC(=O)NC(NC(=S)Nc2cc(C)ccc2C)C(Cl)(Cl)Cl)cc1OC. The minimum Gasteiger partial charge on any atom is -0.493 e. The second-order valence-corrected chi connectivity index (χ2v) is 9.60. The number of ether oxygens (including phenoxy) is 2. The Balaban J connectivity index is 2.06. The van der Waals surface area contributed by atoms with Crippen LogP contribution in [0.3, 0.4) is 0 Å². The Morgan fingerprint density at radius 3 is 2.32 bits per heavy atom. The van der Waals surface area contributed by atoms with Gasteiger partial charge in [0.15, 0.2) is 16.6 Å². The molecule has 0 radical (unpaired) electrons. The first-order valence-corrected chi connectivity index (χ1v) is 10.8. The number of anilines is 1. The zero-order valence-corrected chi connectivity index (χ0v) is 20.6. The first-order chi connectivity index (χ1) is 14.5. The van der Waals surface area contributed by atoms with Gasteiger partial charge in [0.25, 0.3) is 0 Å². The number of aryl methyl sites for hydroxylation is 2. The van der Waals surface area contributed by atoms with Crippen LogP contribution >= 0.6 is 47.0 Å². The van der Waals surface area contributed by atoms with Gasteiger partial charge in [0.05, 0.1) is 20.6 Å². The molecule has 6 nitrogen and oxygen atoms in total. The molecular formula is C21H24Cl3N3O3S. The molecule has 1 unspecified atom stereocenters. The predicted molar refractivity (Wildman–Crippen MR) is 131 cm³/mol. The summed E-state index contributed by atoms with van der Waals surface area (Å²) in [7, 11) is 3.06. The lowest BCUT2D eigenvalue weighted by Gasteiger charge is -2.28. The molecule has 2 aromatic rings. The van der Waals surface area contributed by atoms with Crippen molar-refractivity contribution in [3.63, 3.8) is 0 Å². The van der Waals surface area contributed by atoms with Crippen LogP contribution in [-0.4, -0.2) is 35.2 Å². The fraction of sp³-hybridized carbons (Fsp3) is 0.333. The van der Waals surface area contributed by atoms with Crippen molar-refractivity contribution >= 4 is 63.7 Å². The summed E-state index contributed by atoms with van der Waals surface area (Å²) < 4.78 is 8.62. The fourth-order valence-corrected chi connectivity index (χ4v) is 3.30. The van der Waals surface area contributed by atoms with Crippen molar-refractivity contribution in [2.75, 3.05) is 19.5 Å². The fourth-order valence-electron chi connectivity index (χ4n) is 2.75. The monoisotopic (exact) mass is 503 g/mol. The summed E-state index contributed by atoms with van der Waals surface area (Å²) >= 11 is 23.5. The van der Waals surface area contributed by atoms with Crippen LogP contribution in [0.15, 0.2) is 36.4 Å². The summed E-state index contributed by atoms with van der Waals surface area (Å²) in [6.07, 6.45) is -1.02. The number of amides is 1. The smallest absolute Gasteiger partial charge is 0.228 e. The van der Waals surface area contributed by atoms with E-state index in [0.29, 0.717) is 17.1 Å². The zero-order valence-electron chi connectivity index (χ0n) is 17.5. The van der Waals surface area contributed by atoms with Crippen molar-refractivity contribution in [3.05, 3.63) is 53.1 Å². The lowest BCUT2D eigenvalue weighted by Crippen LogP contribution is -2.56. The van der Waals surface area contributed by atoms with Crippen LogP contribution < -0.4 is 25.4 Å². The molecule has 168 valence electrons. The third kappa shape index (κ3) is 7.61. The molecule has 10 heteroatoms. The number of benzene rings is 2. The van der Waals surface area contributed by atoms with Gasteiger partial charge in [-0.1, -0.05) is 53.0 Å². The maximum absolute atomic E-state index is 12.6. The molecule has 1 amide bonds. The van der Waals surface area contributed by atoms with Crippen LogP contribution in [0.1, 0.15) is 16.7 Å². The third-order valence-corrected chi connectivity index (χ3v) is 5.24. The second-order valence-electron chi connectivity index (χ2n) is 6.83. The molecular weight excluding hydrogens is 481 g/mol. The Labute approximate surface area is 202 Å². The van der Waals surface area contributed by atoms with E-state index in [1.54, 1.807) is 18.2 Å². The number of hydrogen-bond donors (Lipinski definition) is 3. The number of rotatable bonds is 7. The number of nitrogens with one attached hydrogen (secondary N) is 3. The predicted octanol–water partition coefficient (Wildman–Crippen LogP) is 4.66. The van der Waals surface area contributed by atoms with E-state index in [1.165, 1.54) is 14.2 Å². The summed E-state index contributed by atoms with van der Waals surface area (Å²) in [4.78, 5) is 12.6. The summed E-state index contributed by atoms with van der Waals surface area (Å²) in [5.41, 5.74) is 3.58. The highest BCUT2D eigenvalue weighted by Gasteiger charge is 2.34. The largest absolute Gasteiger partial charge is 0.493 e. The van der Waals surface area contributed by atoms with E-state index < -0.39 is 9.96 Å². The minimum atomic E-state index is -1.85. The molecule has 1 atom stereocenters. The van der Waals surface area contributed by atoms with Crippen molar-refractivity contribution in [3.8, 4) is 11.5 Å². The van der Waals surface area contributed by atoms with Crippen LogP contribution in [0.25, 0.3) is 0 Å². The molecule has 0 bridgehead atoms. The molecule has 2 rings (SSSR count). The second kappa shape index (κ2) is 11.1. The number of methoxy groups -OCH3 is 2. The van der Waals surface area contributed by atoms with Gasteiger partial charge in [-0.15, -0.1) is 0 Å². The van der Waals surface area contributed by atoms with Crippen molar-refractivity contribution in [1.29, 1.82) is 0 Å². The molecule has 0 saturated heterocycles. The number of hydrogen-bond acceptors (Lipinski definition) is 4. The normalized spacial score (nSPS) is 12.0. The molecule has 0 aliphatic carbocycles. The number of carbonyl (C=O) groups is 1. The van der Waals surface area contributed by atoms with E-state index in [-0.39, 0.29) is 17.4 Å². The molecule has 0 aromatic heterocycles. The first kappa shape index (κ1) is 25.3. The average molecular weight is 505 g/mol. The van der Waals surface area contributed by atoms with E-state index in [1.807, 2.05) is 32.0 Å². The topological polar surface area (TPSA) is 71.6 Å². The van der Waals surface area contributed by atoms with E-state index in [4.69, 9.17) is 56.5 Å². The van der Waals surface area contributed by atoms with Gasteiger partial charge in [-0.2, -0.15) is 0 Å². The highest BCUT2D eigenvalue weighted by molar-refractivity contribution is 7.80. The molecule has 3 N–H and O–H groups in total. The molecule has 2 aromatic carbocycles. The number of alkyl halides is 3. The lowest BCUT2D eigenvalue weighted by molar-refractivity contribution is -0.121. The zero-order chi connectivity index (χ0) is 23.2.